The van der Waals surface area contributed by atoms with Crippen LogP contribution in [0.1, 0.15) is 12.8 Å². The van der Waals surface area contributed by atoms with Gasteiger partial charge < -0.3 is 9.84 Å². The van der Waals surface area contributed by atoms with Crippen molar-refractivity contribution in [3.8, 4) is 0 Å². The third kappa shape index (κ3) is 2.10. The summed E-state index contributed by atoms with van der Waals surface area (Å²) in [5, 5.41) is 9.33. The van der Waals surface area contributed by atoms with E-state index in [-0.39, 0.29) is 11.9 Å². The van der Waals surface area contributed by atoms with Gasteiger partial charge in [-0.15, -0.1) is 11.8 Å². The molecule has 11 heavy (non-hydrogen) atoms. The summed E-state index contributed by atoms with van der Waals surface area (Å²) in [6.45, 7) is 0. The number of aliphatic hydroxyl groups excluding tert-OH is 1. The molecule has 0 radical (unpaired) electrons. The van der Waals surface area contributed by atoms with Crippen molar-refractivity contribution in [3.05, 3.63) is 0 Å². The lowest BCUT2D eigenvalue weighted by molar-refractivity contribution is -0.147. The second kappa shape index (κ2) is 3.97. The van der Waals surface area contributed by atoms with Gasteiger partial charge in [0.2, 0.25) is 0 Å². The molecule has 1 saturated heterocycles. The van der Waals surface area contributed by atoms with Crippen LogP contribution in [0, 0.1) is 5.92 Å². The van der Waals surface area contributed by atoms with E-state index >= 15 is 0 Å². The van der Waals surface area contributed by atoms with E-state index in [0.717, 1.165) is 18.6 Å². The number of methoxy groups -OCH3 is 1. The third-order valence-electron chi connectivity index (χ3n) is 1.80. The molecule has 1 aliphatic heterocycles. The Bertz CT molecular complexity index is 149. The lowest BCUT2D eigenvalue weighted by atomic mass is 10.0. The van der Waals surface area contributed by atoms with Crippen LogP contribution in [0.15, 0.2) is 0 Å². The summed E-state index contributed by atoms with van der Waals surface area (Å²) in [7, 11) is 1.36. The second-order valence-corrected chi connectivity index (χ2v) is 3.76. The minimum atomic E-state index is -0.559. The summed E-state index contributed by atoms with van der Waals surface area (Å²) in [5.74, 6) is 0.345. The maximum atomic E-state index is 11.0. The van der Waals surface area contributed by atoms with Gasteiger partial charge in [0.25, 0.3) is 0 Å². The normalized spacial score (nSPS) is 31.5. The molecular weight excluding hydrogens is 164 g/mol. The summed E-state index contributed by atoms with van der Waals surface area (Å²) in [6, 6.07) is 0. The molecular formula is C7H12O3S. The first-order valence-corrected chi connectivity index (χ1v) is 4.68. The molecule has 1 N–H and O–H groups in total. The van der Waals surface area contributed by atoms with Crippen LogP contribution in [-0.4, -0.2) is 29.4 Å². The smallest absolute Gasteiger partial charge is 0.312 e. The number of esters is 1. The van der Waals surface area contributed by atoms with E-state index in [1.165, 1.54) is 18.9 Å². The van der Waals surface area contributed by atoms with Gasteiger partial charge in [0.15, 0.2) is 0 Å². The molecule has 0 aromatic rings. The Balaban J connectivity index is 2.47. The predicted octanol–water partition coefficient (Wildman–Crippen LogP) is 0.621. The van der Waals surface area contributed by atoms with Crippen molar-refractivity contribution in [1.82, 2.24) is 0 Å². The highest BCUT2D eigenvalue weighted by atomic mass is 32.2. The number of ether oxygens (including phenoxy) is 1. The summed E-state index contributed by atoms with van der Waals surface area (Å²) in [5.41, 5.74) is -0.559. The highest BCUT2D eigenvalue weighted by molar-refractivity contribution is 7.99. The molecule has 64 valence electrons. The molecule has 3 nitrogen and oxygen atoms in total. The average molecular weight is 176 g/mol. The van der Waals surface area contributed by atoms with Crippen LogP contribution >= 0.6 is 11.8 Å². The van der Waals surface area contributed by atoms with Gasteiger partial charge >= 0.3 is 5.97 Å². The van der Waals surface area contributed by atoms with Crippen LogP contribution in [-0.2, 0) is 9.53 Å². The van der Waals surface area contributed by atoms with Crippen molar-refractivity contribution in [3.63, 3.8) is 0 Å². The number of thioether (sulfide) groups is 1. The molecule has 2 atom stereocenters. The predicted molar refractivity (Wildman–Crippen MR) is 43.2 cm³/mol. The number of hydrogen-bond donors (Lipinski definition) is 1. The lowest BCUT2D eigenvalue weighted by Crippen LogP contribution is -2.30. The zero-order valence-corrected chi connectivity index (χ0v) is 7.26. The lowest BCUT2D eigenvalue weighted by Gasteiger charge is -2.24. The van der Waals surface area contributed by atoms with Crippen molar-refractivity contribution in [2.24, 2.45) is 5.92 Å². The molecule has 0 bridgehead atoms. The molecule has 1 heterocycles. The van der Waals surface area contributed by atoms with Gasteiger partial charge in [-0.3, -0.25) is 4.79 Å². The summed E-state index contributed by atoms with van der Waals surface area (Å²) in [4.78, 5) is 11.0. The standard InChI is InChI=1S/C7H12O3S/c1-10-6(8)5-3-2-4-11-7(5)9/h5,7,9H,2-4H2,1H3/t5-,7+/m0/s1. The molecule has 4 heteroatoms. The van der Waals surface area contributed by atoms with Gasteiger partial charge in [-0.2, -0.15) is 0 Å². The average Bonchev–Trinajstić information content (AvgIpc) is 2.04. The highest BCUT2D eigenvalue weighted by Gasteiger charge is 2.30. The Morgan fingerprint density at radius 3 is 3.00 bits per heavy atom. The molecule has 1 fully saturated rings. The Morgan fingerprint density at radius 2 is 2.45 bits per heavy atom. The largest absolute Gasteiger partial charge is 0.469 e. The first-order valence-electron chi connectivity index (χ1n) is 3.63. The summed E-state index contributed by atoms with van der Waals surface area (Å²) in [6.07, 6.45) is 1.74. The van der Waals surface area contributed by atoms with Gasteiger partial charge in [-0.1, -0.05) is 0 Å². The fraction of sp³-hybridized carbons (Fsp3) is 0.857. The van der Waals surface area contributed by atoms with Gasteiger partial charge in [-0.25, -0.2) is 0 Å². The quantitative estimate of drug-likeness (QED) is 0.595. The van der Waals surface area contributed by atoms with Crippen LogP contribution in [0.2, 0.25) is 0 Å². The molecule has 1 rings (SSSR count). The monoisotopic (exact) mass is 176 g/mol. The molecule has 1 aliphatic rings. The van der Waals surface area contributed by atoms with E-state index in [0.29, 0.717) is 0 Å². The summed E-state index contributed by atoms with van der Waals surface area (Å²) < 4.78 is 4.55. The van der Waals surface area contributed by atoms with Crippen molar-refractivity contribution in [2.75, 3.05) is 12.9 Å². The molecule has 0 aromatic carbocycles. The van der Waals surface area contributed by atoms with Crippen LogP contribution in [0.5, 0.6) is 0 Å². The summed E-state index contributed by atoms with van der Waals surface area (Å²) >= 11 is 1.42. The van der Waals surface area contributed by atoms with Gasteiger partial charge in [0.05, 0.1) is 13.0 Å². The Hall–Kier alpha value is -0.220. The minimum Gasteiger partial charge on any atom is -0.469 e. The van der Waals surface area contributed by atoms with E-state index in [9.17, 15) is 9.90 Å². The number of rotatable bonds is 1. The number of aliphatic hydroxyl groups is 1. The van der Waals surface area contributed by atoms with Crippen molar-refractivity contribution in [1.29, 1.82) is 0 Å². The molecule has 0 amide bonds. The van der Waals surface area contributed by atoms with Crippen LogP contribution in [0.3, 0.4) is 0 Å². The number of hydrogen-bond acceptors (Lipinski definition) is 4. The first kappa shape index (κ1) is 8.87. The second-order valence-electron chi connectivity index (χ2n) is 2.53. The molecule has 0 aromatic heterocycles. The van der Waals surface area contributed by atoms with Crippen molar-refractivity contribution in [2.45, 2.75) is 18.3 Å². The van der Waals surface area contributed by atoms with Gasteiger partial charge in [0, 0.05) is 0 Å². The molecule has 0 unspecified atom stereocenters. The van der Waals surface area contributed by atoms with Gasteiger partial charge in [0.1, 0.15) is 5.44 Å². The third-order valence-corrected chi connectivity index (χ3v) is 2.99. The first-order chi connectivity index (χ1) is 5.25. The minimum absolute atomic E-state index is 0.287. The topological polar surface area (TPSA) is 46.5 Å². The number of carbonyl (C=O) groups excluding carboxylic acids is 1. The number of carbonyl (C=O) groups is 1. The van der Waals surface area contributed by atoms with Crippen LogP contribution in [0.4, 0.5) is 0 Å². The Kier molecular flexibility index (Phi) is 3.20. The Labute approximate surface area is 70.1 Å². The Morgan fingerprint density at radius 1 is 1.73 bits per heavy atom. The van der Waals surface area contributed by atoms with Crippen LogP contribution < -0.4 is 0 Å². The van der Waals surface area contributed by atoms with E-state index in [4.69, 9.17) is 0 Å². The van der Waals surface area contributed by atoms with E-state index in [1.807, 2.05) is 0 Å². The maximum absolute atomic E-state index is 11.0. The zero-order chi connectivity index (χ0) is 8.27. The van der Waals surface area contributed by atoms with Crippen molar-refractivity contribution < 1.29 is 14.6 Å². The van der Waals surface area contributed by atoms with Crippen molar-refractivity contribution >= 4 is 17.7 Å². The van der Waals surface area contributed by atoms with Gasteiger partial charge in [-0.05, 0) is 18.6 Å². The fourth-order valence-electron chi connectivity index (χ4n) is 1.15. The molecule has 0 aliphatic carbocycles. The molecule has 0 saturated carbocycles. The molecule has 0 spiro atoms. The maximum Gasteiger partial charge on any atom is 0.312 e. The van der Waals surface area contributed by atoms with E-state index < -0.39 is 5.44 Å². The highest BCUT2D eigenvalue weighted by Crippen LogP contribution is 2.29. The SMILES string of the molecule is COC(=O)[C@@H]1CCCS[C@H]1O. The van der Waals surface area contributed by atoms with Crippen LogP contribution in [0.25, 0.3) is 0 Å². The zero-order valence-electron chi connectivity index (χ0n) is 6.45. The van der Waals surface area contributed by atoms with E-state index in [2.05, 4.69) is 4.74 Å². The fourth-order valence-corrected chi connectivity index (χ4v) is 2.21. The van der Waals surface area contributed by atoms with E-state index in [1.54, 1.807) is 0 Å².